The van der Waals surface area contributed by atoms with Gasteiger partial charge in [-0.25, -0.2) is 9.50 Å². The molecule has 1 amide bonds. The van der Waals surface area contributed by atoms with E-state index in [1.807, 2.05) is 6.92 Å². The monoisotopic (exact) mass is 291 g/mol. The predicted octanol–water partition coefficient (Wildman–Crippen LogP) is 0.921. The van der Waals surface area contributed by atoms with Crippen molar-refractivity contribution in [3.63, 3.8) is 0 Å². The van der Waals surface area contributed by atoms with Gasteiger partial charge in [-0.1, -0.05) is 20.3 Å². The van der Waals surface area contributed by atoms with E-state index in [1.165, 1.54) is 6.33 Å². The summed E-state index contributed by atoms with van der Waals surface area (Å²) in [5.74, 6) is 0.380. The summed E-state index contributed by atoms with van der Waals surface area (Å²) in [5.41, 5.74) is 1.32. The number of aliphatic hydroxyl groups excluding tert-OH is 1. The molecule has 0 saturated heterocycles. The van der Waals surface area contributed by atoms with Crippen LogP contribution < -0.4 is 0 Å². The Morgan fingerprint density at radius 2 is 2.14 bits per heavy atom. The molecule has 0 aliphatic carbocycles. The van der Waals surface area contributed by atoms with E-state index in [9.17, 15) is 4.79 Å². The molecule has 7 heteroatoms. The molecule has 0 aromatic carbocycles. The van der Waals surface area contributed by atoms with Crippen LogP contribution in [0, 0.1) is 0 Å². The molecule has 0 radical (unpaired) electrons. The van der Waals surface area contributed by atoms with E-state index in [0.717, 1.165) is 18.5 Å². The average Bonchev–Trinajstić information content (AvgIpc) is 2.98. The quantitative estimate of drug-likeness (QED) is 0.820. The summed E-state index contributed by atoms with van der Waals surface area (Å²) in [6.07, 6.45) is 5.55. The van der Waals surface area contributed by atoms with Crippen LogP contribution in [0.3, 0.4) is 0 Å². The molecule has 0 unspecified atom stereocenters. The number of nitrogens with zero attached hydrogens (tertiary/aromatic N) is 5. The Balaban J connectivity index is 2.36. The lowest BCUT2D eigenvalue weighted by Gasteiger charge is -2.22. The maximum Gasteiger partial charge on any atom is 0.257 e. The molecule has 0 aliphatic rings. The van der Waals surface area contributed by atoms with Crippen molar-refractivity contribution in [2.75, 3.05) is 19.7 Å². The lowest BCUT2D eigenvalue weighted by Crippen LogP contribution is -2.35. The molecule has 21 heavy (non-hydrogen) atoms. The summed E-state index contributed by atoms with van der Waals surface area (Å²) >= 11 is 0. The molecule has 7 nitrogen and oxygen atoms in total. The number of carbonyl (C=O) groups excluding carboxylic acids is 1. The van der Waals surface area contributed by atoms with Crippen LogP contribution in [0.25, 0.3) is 5.78 Å². The Labute approximate surface area is 123 Å². The number of carbonyl (C=O) groups is 1. The Bertz CT molecular complexity index is 610. The van der Waals surface area contributed by atoms with Crippen molar-refractivity contribution in [2.45, 2.75) is 33.1 Å². The van der Waals surface area contributed by atoms with Crippen LogP contribution in [0.2, 0.25) is 0 Å². The summed E-state index contributed by atoms with van der Waals surface area (Å²) in [6, 6.07) is 0. The predicted molar refractivity (Wildman–Crippen MR) is 78.1 cm³/mol. The van der Waals surface area contributed by atoms with Gasteiger partial charge in [-0.15, -0.1) is 0 Å². The second kappa shape index (κ2) is 7.12. The highest BCUT2D eigenvalue weighted by molar-refractivity contribution is 5.95. The summed E-state index contributed by atoms with van der Waals surface area (Å²) in [4.78, 5) is 22.6. The van der Waals surface area contributed by atoms with Gasteiger partial charge in [-0.2, -0.15) is 10.1 Å². The van der Waals surface area contributed by atoms with Crippen molar-refractivity contribution < 1.29 is 9.90 Å². The van der Waals surface area contributed by atoms with Gasteiger partial charge in [0.2, 0.25) is 0 Å². The molecule has 0 saturated carbocycles. The van der Waals surface area contributed by atoms with E-state index in [0.29, 0.717) is 30.9 Å². The van der Waals surface area contributed by atoms with E-state index >= 15 is 0 Å². The second-order valence-corrected chi connectivity index (χ2v) is 4.81. The number of fused-ring (bicyclic) bond motifs is 1. The molecule has 114 valence electrons. The molecule has 2 aromatic heterocycles. The number of aliphatic hydroxyl groups is 1. The first kappa shape index (κ1) is 15.4. The number of unbranched alkanes of at least 4 members (excludes halogenated alkanes) is 1. The highest BCUT2D eigenvalue weighted by Crippen LogP contribution is 2.13. The van der Waals surface area contributed by atoms with Crippen molar-refractivity contribution in [3.05, 3.63) is 23.8 Å². The zero-order valence-electron chi connectivity index (χ0n) is 12.5. The Morgan fingerprint density at radius 3 is 2.81 bits per heavy atom. The van der Waals surface area contributed by atoms with Gasteiger partial charge in [0.25, 0.3) is 11.7 Å². The molecule has 0 aliphatic heterocycles. The van der Waals surface area contributed by atoms with Gasteiger partial charge in [0.05, 0.1) is 17.9 Å². The normalized spacial score (nSPS) is 11.0. The standard InChI is InChI=1S/C14H21N5O2/c1-3-5-6-18(7-8-20)13(21)11-9-15-14-16-10-17-19(14)12(11)4-2/h9-10,20H,3-8H2,1-2H3. The molecule has 0 bridgehead atoms. The molecule has 2 aromatic rings. The fraction of sp³-hybridized carbons (Fsp3) is 0.571. The van der Waals surface area contributed by atoms with Crippen molar-refractivity contribution in [3.8, 4) is 0 Å². The van der Waals surface area contributed by atoms with Crippen LogP contribution in [0.15, 0.2) is 12.5 Å². The third kappa shape index (κ3) is 3.18. The summed E-state index contributed by atoms with van der Waals surface area (Å²) in [5, 5.41) is 13.3. The highest BCUT2D eigenvalue weighted by atomic mass is 16.3. The lowest BCUT2D eigenvalue weighted by molar-refractivity contribution is 0.0717. The third-order valence-corrected chi connectivity index (χ3v) is 3.41. The van der Waals surface area contributed by atoms with Gasteiger partial charge in [-0.05, 0) is 12.8 Å². The van der Waals surface area contributed by atoms with Gasteiger partial charge in [-0.3, -0.25) is 4.79 Å². The summed E-state index contributed by atoms with van der Waals surface area (Å²) in [7, 11) is 0. The van der Waals surface area contributed by atoms with Crippen LogP contribution in [0.5, 0.6) is 0 Å². The molecule has 2 rings (SSSR count). The number of rotatable bonds is 7. The molecule has 1 N–H and O–H groups in total. The van der Waals surface area contributed by atoms with Crippen LogP contribution in [-0.2, 0) is 6.42 Å². The molecule has 2 heterocycles. The molecular weight excluding hydrogens is 270 g/mol. The lowest BCUT2D eigenvalue weighted by atomic mass is 10.1. The SMILES string of the molecule is CCCCN(CCO)C(=O)c1cnc2ncnn2c1CC. The van der Waals surface area contributed by atoms with Crippen molar-refractivity contribution in [2.24, 2.45) is 0 Å². The number of aryl methyl sites for hydroxylation is 1. The smallest absolute Gasteiger partial charge is 0.257 e. The van der Waals surface area contributed by atoms with Crippen LogP contribution in [-0.4, -0.2) is 55.2 Å². The maximum absolute atomic E-state index is 12.7. The topological polar surface area (TPSA) is 83.6 Å². The first-order valence-electron chi connectivity index (χ1n) is 7.30. The molecule has 0 atom stereocenters. The molecule has 0 spiro atoms. The minimum absolute atomic E-state index is 0.0457. The first-order valence-corrected chi connectivity index (χ1v) is 7.30. The number of hydrogen-bond donors (Lipinski definition) is 1. The largest absolute Gasteiger partial charge is 0.395 e. The summed E-state index contributed by atoms with van der Waals surface area (Å²) < 4.78 is 1.60. The fourth-order valence-electron chi connectivity index (χ4n) is 2.30. The molecular formula is C14H21N5O2. The van der Waals surface area contributed by atoms with E-state index in [-0.39, 0.29) is 12.5 Å². The fourth-order valence-corrected chi connectivity index (χ4v) is 2.30. The van der Waals surface area contributed by atoms with Gasteiger partial charge < -0.3 is 10.0 Å². The number of hydrogen-bond acceptors (Lipinski definition) is 5. The number of aromatic nitrogens is 4. The van der Waals surface area contributed by atoms with Crippen LogP contribution >= 0.6 is 0 Å². The van der Waals surface area contributed by atoms with Crippen molar-refractivity contribution in [1.82, 2.24) is 24.5 Å². The van der Waals surface area contributed by atoms with Crippen molar-refractivity contribution in [1.29, 1.82) is 0 Å². The summed E-state index contributed by atoms with van der Waals surface area (Å²) in [6.45, 7) is 4.96. The minimum atomic E-state index is -0.112. The molecule has 0 fully saturated rings. The Kier molecular flexibility index (Phi) is 5.21. The van der Waals surface area contributed by atoms with Crippen LogP contribution in [0.1, 0.15) is 42.7 Å². The van der Waals surface area contributed by atoms with Crippen molar-refractivity contribution >= 4 is 11.7 Å². The number of amides is 1. The third-order valence-electron chi connectivity index (χ3n) is 3.41. The van der Waals surface area contributed by atoms with E-state index < -0.39 is 0 Å². The zero-order chi connectivity index (χ0) is 15.2. The van der Waals surface area contributed by atoms with Crippen LogP contribution in [0.4, 0.5) is 0 Å². The van der Waals surface area contributed by atoms with Gasteiger partial charge >= 0.3 is 0 Å². The maximum atomic E-state index is 12.7. The van der Waals surface area contributed by atoms with E-state index in [4.69, 9.17) is 5.11 Å². The Hall–Kier alpha value is -2.02. The average molecular weight is 291 g/mol. The van der Waals surface area contributed by atoms with E-state index in [1.54, 1.807) is 15.6 Å². The highest BCUT2D eigenvalue weighted by Gasteiger charge is 2.20. The van der Waals surface area contributed by atoms with Gasteiger partial charge in [0.1, 0.15) is 6.33 Å². The zero-order valence-corrected chi connectivity index (χ0v) is 12.5. The van der Waals surface area contributed by atoms with E-state index in [2.05, 4.69) is 22.0 Å². The van der Waals surface area contributed by atoms with Gasteiger partial charge in [0, 0.05) is 19.3 Å². The second-order valence-electron chi connectivity index (χ2n) is 4.81. The van der Waals surface area contributed by atoms with Gasteiger partial charge in [0.15, 0.2) is 0 Å². The first-order chi connectivity index (χ1) is 10.2. The Morgan fingerprint density at radius 1 is 1.33 bits per heavy atom. The minimum Gasteiger partial charge on any atom is -0.395 e.